The van der Waals surface area contributed by atoms with Crippen LogP contribution in [0.2, 0.25) is 0 Å². The summed E-state index contributed by atoms with van der Waals surface area (Å²) in [4.78, 5) is 11.9. The standard InChI is InChI=1S/C16H28N4/c1-12(11-17-4)15-13(2)18-16(19-14(15)3)20-9-7-5-6-8-10-20/h12,17H,5-11H2,1-4H3. The quantitative estimate of drug-likeness (QED) is 0.918. The molecule has 0 amide bonds. The molecule has 112 valence electrons. The minimum absolute atomic E-state index is 0.457. The van der Waals surface area contributed by atoms with Gasteiger partial charge in [-0.25, -0.2) is 9.97 Å². The summed E-state index contributed by atoms with van der Waals surface area (Å²) in [7, 11) is 1.99. The fraction of sp³-hybridized carbons (Fsp3) is 0.750. The Bertz CT molecular complexity index is 413. The van der Waals surface area contributed by atoms with Crippen molar-refractivity contribution < 1.29 is 0 Å². The van der Waals surface area contributed by atoms with E-state index in [0.29, 0.717) is 5.92 Å². The number of anilines is 1. The van der Waals surface area contributed by atoms with E-state index in [4.69, 9.17) is 9.97 Å². The molecule has 1 fully saturated rings. The van der Waals surface area contributed by atoms with Crippen LogP contribution in [0.1, 0.15) is 55.5 Å². The zero-order valence-corrected chi connectivity index (χ0v) is 13.4. The largest absolute Gasteiger partial charge is 0.341 e. The summed E-state index contributed by atoms with van der Waals surface area (Å²) < 4.78 is 0. The molecule has 1 unspecified atom stereocenters. The van der Waals surface area contributed by atoms with E-state index in [1.807, 2.05) is 7.05 Å². The summed E-state index contributed by atoms with van der Waals surface area (Å²) in [6, 6.07) is 0. The Morgan fingerprint density at radius 1 is 1.05 bits per heavy atom. The summed E-state index contributed by atoms with van der Waals surface area (Å²) in [6.07, 6.45) is 5.20. The Morgan fingerprint density at radius 3 is 2.10 bits per heavy atom. The highest BCUT2D eigenvalue weighted by Gasteiger charge is 2.18. The van der Waals surface area contributed by atoms with Gasteiger partial charge in [-0.3, -0.25) is 0 Å². The topological polar surface area (TPSA) is 41.1 Å². The highest BCUT2D eigenvalue weighted by Crippen LogP contribution is 2.24. The van der Waals surface area contributed by atoms with Gasteiger partial charge >= 0.3 is 0 Å². The van der Waals surface area contributed by atoms with Gasteiger partial charge in [-0.1, -0.05) is 19.8 Å². The fourth-order valence-electron chi connectivity index (χ4n) is 3.24. The van der Waals surface area contributed by atoms with E-state index in [1.165, 1.54) is 31.2 Å². The van der Waals surface area contributed by atoms with E-state index in [2.05, 4.69) is 31.0 Å². The number of nitrogens with one attached hydrogen (secondary N) is 1. The molecule has 0 spiro atoms. The van der Waals surface area contributed by atoms with Gasteiger partial charge in [0.15, 0.2) is 0 Å². The van der Waals surface area contributed by atoms with Crippen molar-refractivity contribution in [2.75, 3.05) is 31.6 Å². The summed E-state index contributed by atoms with van der Waals surface area (Å²) in [5, 5.41) is 3.24. The Balaban J connectivity index is 2.24. The maximum Gasteiger partial charge on any atom is 0.225 e. The molecule has 1 aliphatic rings. The van der Waals surface area contributed by atoms with Crippen molar-refractivity contribution in [2.24, 2.45) is 0 Å². The van der Waals surface area contributed by atoms with Crippen LogP contribution in [0.3, 0.4) is 0 Å². The average Bonchev–Trinajstić information content (AvgIpc) is 2.66. The molecule has 1 N–H and O–H groups in total. The van der Waals surface area contributed by atoms with Crippen LogP contribution in [0, 0.1) is 13.8 Å². The van der Waals surface area contributed by atoms with E-state index < -0.39 is 0 Å². The van der Waals surface area contributed by atoms with Crippen molar-refractivity contribution in [2.45, 2.75) is 52.4 Å². The molecule has 1 aromatic heterocycles. The van der Waals surface area contributed by atoms with Crippen LogP contribution in [0.4, 0.5) is 5.95 Å². The maximum atomic E-state index is 4.79. The van der Waals surface area contributed by atoms with Gasteiger partial charge in [0.2, 0.25) is 5.95 Å². The van der Waals surface area contributed by atoms with Crippen molar-refractivity contribution in [1.29, 1.82) is 0 Å². The second-order valence-electron chi connectivity index (χ2n) is 5.97. The van der Waals surface area contributed by atoms with E-state index >= 15 is 0 Å². The van der Waals surface area contributed by atoms with Crippen molar-refractivity contribution in [3.8, 4) is 0 Å². The lowest BCUT2D eigenvalue weighted by atomic mass is 9.98. The molecule has 0 saturated carbocycles. The molecular formula is C16H28N4. The zero-order valence-electron chi connectivity index (χ0n) is 13.4. The summed E-state index contributed by atoms with van der Waals surface area (Å²) >= 11 is 0. The minimum Gasteiger partial charge on any atom is -0.341 e. The fourth-order valence-corrected chi connectivity index (χ4v) is 3.24. The SMILES string of the molecule is CNCC(C)c1c(C)nc(N2CCCCCC2)nc1C. The molecule has 1 aromatic rings. The highest BCUT2D eigenvalue weighted by molar-refractivity contribution is 5.38. The number of rotatable bonds is 4. The number of aryl methyl sites for hydroxylation is 2. The van der Waals surface area contributed by atoms with E-state index in [-0.39, 0.29) is 0 Å². The lowest BCUT2D eigenvalue weighted by Crippen LogP contribution is -2.27. The average molecular weight is 276 g/mol. The second kappa shape index (κ2) is 7.02. The van der Waals surface area contributed by atoms with Crippen LogP contribution >= 0.6 is 0 Å². The van der Waals surface area contributed by atoms with Crippen LogP contribution < -0.4 is 10.2 Å². The zero-order chi connectivity index (χ0) is 14.5. The Labute approximate surface area is 123 Å². The van der Waals surface area contributed by atoms with Crippen LogP contribution in [0.25, 0.3) is 0 Å². The van der Waals surface area contributed by atoms with E-state index in [9.17, 15) is 0 Å². The number of hydrogen-bond acceptors (Lipinski definition) is 4. The van der Waals surface area contributed by atoms with Crippen LogP contribution in [0.5, 0.6) is 0 Å². The van der Waals surface area contributed by atoms with Gasteiger partial charge in [-0.05, 0) is 45.2 Å². The van der Waals surface area contributed by atoms with Crippen molar-refractivity contribution >= 4 is 5.95 Å². The molecule has 1 aliphatic heterocycles. The molecule has 2 rings (SSSR count). The van der Waals surface area contributed by atoms with E-state index in [0.717, 1.165) is 37.0 Å². The number of aromatic nitrogens is 2. The minimum atomic E-state index is 0.457. The van der Waals surface area contributed by atoms with Gasteiger partial charge < -0.3 is 10.2 Å². The lowest BCUT2D eigenvalue weighted by Gasteiger charge is -2.23. The van der Waals surface area contributed by atoms with Crippen LogP contribution in [0.15, 0.2) is 0 Å². The first kappa shape index (κ1) is 15.2. The van der Waals surface area contributed by atoms with Crippen LogP contribution in [-0.2, 0) is 0 Å². The first-order valence-electron chi connectivity index (χ1n) is 7.88. The van der Waals surface area contributed by atoms with Gasteiger partial charge in [-0.2, -0.15) is 0 Å². The molecule has 1 saturated heterocycles. The number of nitrogens with zero attached hydrogens (tertiary/aromatic N) is 3. The number of hydrogen-bond donors (Lipinski definition) is 1. The third-order valence-corrected chi connectivity index (χ3v) is 4.21. The third kappa shape index (κ3) is 3.48. The first-order valence-corrected chi connectivity index (χ1v) is 7.88. The summed E-state index contributed by atoms with van der Waals surface area (Å²) in [5.41, 5.74) is 3.58. The molecular weight excluding hydrogens is 248 g/mol. The molecule has 20 heavy (non-hydrogen) atoms. The molecule has 0 aliphatic carbocycles. The second-order valence-corrected chi connectivity index (χ2v) is 5.97. The predicted octanol–water partition coefficient (Wildman–Crippen LogP) is 2.80. The first-order chi connectivity index (χ1) is 9.63. The Kier molecular flexibility index (Phi) is 5.35. The number of likely N-dealkylation sites (N-methyl/N-ethyl adjacent to an activating group) is 1. The molecule has 0 radical (unpaired) electrons. The van der Waals surface area contributed by atoms with Gasteiger partial charge in [0.05, 0.1) is 0 Å². The Hall–Kier alpha value is -1.16. The van der Waals surface area contributed by atoms with Crippen molar-refractivity contribution in [1.82, 2.24) is 15.3 Å². The molecule has 0 bridgehead atoms. The summed E-state index contributed by atoms with van der Waals surface area (Å²) in [6.45, 7) is 9.65. The maximum absolute atomic E-state index is 4.79. The van der Waals surface area contributed by atoms with Crippen molar-refractivity contribution in [3.05, 3.63) is 17.0 Å². The monoisotopic (exact) mass is 276 g/mol. The van der Waals surface area contributed by atoms with Crippen LogP contribution in [-0.4, -0.2) is 36.6 Å². The normalized spacial score (nSPS) is 17.9. The lowest BCUT2D eigenvalue weighted by molar-refractivity contribution is 0.658. The molecule has 4 heteroatoms. The predicted molar refractivity (Wildman–Crippen MR) is 84.5 cm³/mol. The smallest absolute Gasteiger partial charge is 0.225 e. The van der Waals surface area contributed by atoms with E-state index in [1.54, 1.807) is 0 Å². The molecule has 4 nitrogen and oxygen atoms in total. The van der Waals surface area contributed by atoms with Gasteiger partial charge in [0, 0.05) is 31.0 Å². The van der Waals surface area contributed by atoms with Gasteiger partial charge in [0.1, 0.15) is 0 Å². The summed E-state index contributed by atoms with van der Waals surface area (Å²) in [5.74, 6) is 1.39. The Morgan fingerprint density at radius 2 is 1.60 bits per heavy atom. The molecule has 1 atom stereocenters. The van der Waals surface area contributed by atoms with Gasteiger partial charge in [-0.15, -0.1) is 0 Å². The van der Waals surface area contributed by atoms with Crippen molar-refractivity contribution in [3.63, 3.8) is 0 Å². The molecule has 2 heterocycles. The van der Waals surface area contributed by atoms with Gasteiger partial charge in [0.25, 0.3) is 0 Å². The highest BCUT2D eigenvalue weighted by atomic mass is 15.2. The molecule has 0 aromatic carbocycles. The third-order valence-electron chi connectivity index (χ3n) is 4.21.